The Bertz CT molecular complexity index is 640. The molecular weight excluding hydrogens is 318 g/mol. The van der Waals surface area contributed by atoms with Crippen LogP contribution in [0.15, 0.2) is 24.3 Å². The van der Waals surface area contributed by atoms with E-state index >= 15 is 0 Å². The number of anilines is 1. The van der Waals surface area contributed by atoms with Crippen molar-refractivity contribution >= 4 is 23.5 Å². The normalized spacial score (nSPS) is 18.4. The third-order valence-corrected chi connectivity index (χ3v) is 4.49. The van der Waals surface area contributed by atoms with Crippen LogP contribution in [-0.2, 0) is 9.59 Å². The summed E-state index contributed by atoms with van der Waals surface area (Å²) in [5.74, 6) is 0.0339. The van der Waals surface area contributed by atoms with Gasteiger partial charge in [0.1, 0.15) is 12.6 Å². The van der Waals surface area contributed by atoms with Crippen molar-refractivity contribution in [3.63, 3.8) is 0 Å². The first-order chi connectivity index (χ1) is 11.8. The van der Waals surface area contributed by atoms with E-state index in [1.165, 1.54) is 5.56 Å². The van der Waals surface area contributed by atoms with Crippen LogP contribution in [0.3, 0.4) is 0 Å². The lowest BCUT2D eigenvalue weighted by molar-refractivity contribution is -0.131. The zero-order chi connectivity index (χ0) is 18.6. The molecule has 0 radical (unpaired) electrons. The Morgan fingerprint density at radius 2 is 1.84 bits per heavy atom. The average molecular weight is 345 g/mol. The number of benzene rings is 1. The van der Waals surface area contributed by atoms with Gasteiger partial charge in [-0.15, -0.1) is 0 Å². The fourth-order valence-corrected chi connectivity index (χ4v) is 2.83. The van der Waals surface area contributed by atoms with Gasteiger partial charge in [-0.05, 0) is 42.4 Å². The van der Waals surface area contributed by atoms with Crippen molar-refractivity contribution in [2.45, 2.75) is 52.5 Å². The topological polar surface area (TPSA) is 78.5 Å². The first-order valence-corrected chi connectivity index (χ1v) is 8.83. The Morgan fingerprint density at radius 1 is 1.20 bits per heavy atom. The van der Waals surface area contributed by atoms with Gasteiger partial charge in [0.15, 0.2) is 0 Å². The molecule has 1 aliphatic rings. The van der Waals surface area contributed by atoms with E-state index in [2.05, 4.69) is 24.5 Å². The van der Waals surface area contributed by atoms with Gasteiger partial charge in [0.25, 0.3) is 5.91 Å². The summed E-state index contributed by atoms with van der Waals surface area (Å²) in [6.07, 6.45) is 1.62. The van der Waals surface area contributed by atoms with Crippen LogP contribution in [0.25, 0.3) is 0 Å². The highest BCUT2D eigenvalue weighted by Crippen LogP contribution is 2.20. The van der Waals surface area contributed by atoms with E-state index in [4.69, 9.17) is 0 Å². The van der Waals surface area contributed by atoms with E-state index in [0.29, 0.717) is 18.0 Å². The third kappa shape index (κ3) is 4.81. The highest BCUT2D eigenvalue weighted by molar-refractivity contribution is 6.07. The van der Waals surface area contributed by atoms with Gasteiger partial charge in [0.05, 0.1) is 0 Å². The van der Waals surface area contributed by atoms with Crippen molar-refractivity contribution in [3.05, 3.63) is 29.8 Å². The van der Waals surface area contributed by atoms with Crippen LogP contribution in [0.1, 0.15) is 52.0 Å². The van der Waals surface area contributed by atoms with E-state index in [9.17, 15) is 14.4 Å². The molecule has 6 heteroatoms. The molecule has 136 valence electrons. The quantitative estimate of drug-likeness (QED) is 0.745. The smallest absolute Gasteiger partial charge is 0.325 e. The van der Waals surface area contributed by atoms with Gasteiger partial charge >= 0.3 is 6.03 Å². The van der Waals surface area contributed by atoms with Gasteiger partial charge in [-0.1, -0.05) is 39.8 Å². The molecule has 1 aliphatic heterocycles. The number of hydrogen-bond donors (Lipinski definition) is 2. The molecule has 0 aliphatic carbocycles. The average Bonchev–Trinajstić information content (AvgIpc) is 2.81. The Morgan fingerprint density at radius 3 is 2.40 bits per heavy atom. The lowest BCUT2D eigenvalue weighted by atomic mass is 9.99. The first-order valence-electron chi connectivity index (χ1n) is 8.83. The summed E-state index contributed by atoms with van der Waals surface area (Å²) >= 11 is 0. The number of carbonyl (C=O) groups excluding carboxylic acids is 3. The molecule has 1 fully saturated rings. The van der Waals surface area contributed by atoms with Gasteiger partial charge in [-0.25, -0.2) is 4.79 Å². The standard InChI is InChI=1S/C19H27N3O3/c1-5-13(4)14-6-8-15(9-7-14)20-17(23)11-22-18(24)16(10-12(2)3)21-19(22)25/h6-9,12-13,16H,5,10-11H2,1-4H3,(H,20,23)(H,21,25). The van der Waals surface area contributed by atoms with Crippen LogP contribution in [0, 0.1) is 5.92 Å². The molecule has 0 bridgehead atoms. The van der Waals surface area contributed by atoms with Crippen molar-refractivity contribution < 1.29 is 14.4 Å². The number of urea groups is 1. The summed E-state index contributed by atoms with van der Waals surface area (Å²) < 4.78 is 0. The lowest BCUT2D eigenvalue weighted by Gasteiger charge is -2.14. The summed E-state index contributed by atoms with van der Waals surface area (Å²) in [5.41, 5.74) is 1.87. The molecule has 2 atom stereocenters. The van der Waals surface area contributed by atoms with Gasteiger partial charge in [0, 0.05) is 5.69 Å². The molecule has 2 N–H and O–H groups in total. The minimum Gasteiger partial charge on any atom is -0.326 e. The highest BCUT2D eigenvalue weighted by atomic mass is 16.2. The Kier molecular flexibility index (Phi) is 6.17. The molecule has 1 saturated heterocycles. The second kappa shape index (κ2) is 8.14. The Balaban J connectivity index is 1.93. The molecular formula is C19H27N3O3. The summed E-state index contributed by atoms with van der Waals surface area (Å²) in [4.78, 5) is 37.3. The molecule has 1 aromatic rings. The summed E-state index contributed by atoms with van der Waals surface area (Å²) in [5, 5.41) is 5.37. The van der Waals surface area contributed by atoms with Crippen molar-refractivity contribution in [3.8, 4) is 0 Å². The van der Waals surface area contributed by atoms with Crippen LogP contribution in [0.5, 0.6) is 0 Å². The molecule has 4 amide bonds. The predicted molar refractivity (Wildman–Crippen MR) is 97.3 cm³/mol. The molecule has 1 heterocycles. The predicted octanol–water partition coefficient (Wildman–Crippen LogP) is 3.11. The van der Waals surface area contributed by atoms with Gasteiger partial charge in [-0.3, -0.25) is 14.5 Å². The minimum absolute atomic E-state index is 0.271. The molecule has 25 heavy (non-hydrogen) atoms. The highest BCUT2D eigenvalue weighted by Gasteiger charge is 2.38. The summed E-state index contributed by atoms with van der Waals surface area (Å²) in [7, 11) is 0. The fourth-order valence-electron chi connectivity index (χ4n) is 2.83. The molecule has 0 aromatic heterocycles. The monoisotopic (exact) mass is 345 g/mol. The van der Waals surface area contributed by atoms with E-state index in [1.54, 1.807) is 0 Å². The minimum atomic E-state index is -0.532. The second-order valence-corrected chi connectivity index (χ2v) is 7.04. The number of carbonyl (C=O) groups is 3. The van der Waals surface area contributed by atoms with Gasteiger partial charge < -0.3 is 10.6 Å². The lowest BCUT2D eigenvalue weighted by Crippen LogP contribution is -2.38. The van der Waals surface area contributed by atoms with Crippen molar-refractivity contribution in [1.82, 2.24) is 10.2 Å². The molecule has 0 spiro atoms. The maximum Gasteiger partial charge on any atom is 0.325 e. The summed E-state index contributed by atoms with van der Waals surface area (Å²) in [6, 6.07) is 6.61. The number of nitrogens with one attached hydrogen (secondary N) is 2. The Labute approximate surface area is 149 Å². The van der Waals surface area contributed by atoms with Crippen LogP contribution < -0.4 is 10.6 Å². The summed E-state index contributed by atoms with van der Waals surface area (Å²) in [6.45, 7) is 7.98. The third-order valence-electron chi connectivity index (χ3n) is 4.49. The van der Waals surface area contributed by atoms with E-state index in [1.807, 2.05) is 38.1 Å². The number of rotatable bonds is 7. The maximum absolute atomic E-state index is 12.3. The van der Waals surface area contributed by atoms with E-state index in [0.717, 1.165) is 11.3 Å². The van der Waals surface area contributed by atoms with Crippen LogP contribution in [0.2, 0.25) is 0 Å². The largest absolute Gasteiger partial charge is 0.326 e. The Hall–Kier alpha value is -2.37. The van der Waals surface area contributed by atoms with Crippen LogP contribution >= 0.6 is 0 Å². The first kappa shape index (κ1) is 19.0. The number of amides is 4. The zero-order valence-electron chi connectivity index (χ0n) is 15.3. The van der Waals surface area contributed by atoms with Gasteiger partial charge in [-0.2, -0.15) is 0 Å². The zero-order valence-corrected chi connectivity index (χ0v) is 15.3. The van der Waals surface area contributed by atoms with Crippen molar-refractivity contribution in [1.29, 1.82) is 0 Å². The molecule has 1 aromatic carbocycles. The molecule has 2 unspecified atom stereocenters. The number of hydrogen-bond acceptors (Lipinski definition) is 3. The van der Waals surface area contributed by atoms with Crippen molar-refractivity contribution in [2.24, 2.45) is 5.92 Å². The maximum atomic E-state index is 12.3. The van der Waals surface area contributed by atoms with Crippen molar-refractivity contribution in [2.75, 3.05) is 11.9 Å². The van der Waals surface area contributed by atoms with Crippen LogP contribution in [0.4, 0.5) is 10.5 Å². The number of nitrogens with zero attached hydrogens (tertiary/aromatic N) is 1. The molecule has 6 nitrogen and oxygen atoms in total. The molecule has 0 saturated carbocycles. The van der Waals surface area contributed by atoms with Gasteiger partial charge in [0.2, 0.25) is 5.91 Å². The fraction of sp³-hybridized carbons (Fsp3) is 0.526. The van der Waals surface area contributed by atoms with Crippen LogP contribution in [-0.4, -0.2) is 35.3 Å². The number of imide groups is 1. The second-order valence-electron chi connectivity index (χ2n) is 7.04. The van der Waals surface area contributed by atoms with E-state index in [-0.39, 0.29) is 24.3 Å². The molecule has 2 rings (SSSR count). The SMILES string of the molecule is CCC(C)c1ccc(NC(=O)CN2C(=O)NC(CC(C)C)C2=O)cc1. The van der Waals surface area contributed by atoms with E-state index < -0.39 is 12.1 Å².